The van der Waals surface area contributed by atoms with Crippen molar-refractivity contribution in [1.29, 1.82) is 0 Å². The molecule has 0 aliphatic carbocycles. The van der Waals surface area contributed by atoms with E-state index < -0.39 is 22.1 Å². The summed E-state index contributed by atoms with van der Waals surface area (Å²) in [7, 11) is -3.67. The van der Waals surface area contributed by atoms with Gasteiger partial charge in [0.1, 0.15) is 5.75 Å². The van der Waals surface area contributed by atoms with Gasteiger partial charge in [0, 0.05) is 11.3 Å². The number of carbonyl (C=O) groups excluding carboxylic acids is 2. The van der Waals surface area contributed by atoms with Crippen molar-refractivity contribution in [1.82, 2.24) is 0 Å². The molecular weight excluding hydrogens is 444 g/mol. The number of anilines is 2. The molecule has 1 aliphatic rings. The van der Waals surface area contributed by atoms with E-state index >= 15 is 0 Å². The van der Waals surface area contributed by atoms with Crippen LogP contribution in [0.5, 0.6) is 5.75 Å². The molecule has 2 amide bonds. The summed E-state index contributed by atoms with van der Waals surface area (Å²) < 4.78 is 33.6. The molecule has 4 rings (SSSR count). The second-order valence-electron chi connectivity index (χ2n) is 7.62. The first-order valence-electron chi connectivity index (χ1n) is 10.2. The van der Waals surface area contributed by atoms with Gasteiger partial charge in [-0.15, -0.1) is 0 Å². The fraction of sp³-hybridized carbons (Fsp3) is 0.167. The summed E-state index contributed by atoms with van der Waals surface area (Å²) in [6.07, 6.45) is 0.388. The van der Waals surface area contributed by atoms with Crippen LogP contribution in [0.15, 0.2) is 66.7 Å². The Bertz CT molecular complexity index is 1320. The third-order valence-electron chi connectivity index (χ3n) is 5.05. The lowest BCUT2D eigenvalue weighted by molar-refractivity contribution is -0.122. The standard InChI is InChI=1S/C24H22N2O6S/c1-15-23(27)26-21-13-19(9-11-22(21)32-15)25-24(28)17-8-10-20(16-6-4-3-5-7-16)18(12-17)14-31-33(2,29)30/h3-13,15H,14H2,1-2H3,(H,25,28)(H,26,27). The van der Waals surface area contributed by atoms with Crippen molar-refractivity contribution in [3.8, 4) is 16.9 Å². The maximum Gasteiger partial charge on any atom is 0.265 e. The average molecular weight is 467 g/mol. The minimum absolute atomic E-state index is 0.204. The minimum Gasteiger partial charge on any atom is -0.479 e. The Labute approximate surface area is 191 Å². The Hall–Kier alpha value is -3.69. The molecule has 0 aromatic heterocycles. The van der Waals surface area contributed by atoms with Crippen molar-refractivity contribution in [2.75, 3.05) is 16.9 Å². The van der Waals surface area contributed by atoms with Crippen molar-refractivity contribution >= 4 is 33.3 Å². The van der Waals surface area contributed by atoms with Crippen LogP contribution in [-0.4, -0.2) is 32.6 Å². The van der Waals surface area contributed by atoms with Gasteiger partial charge >= 0.3 is 0 Å². The highest BCUT2D eigenvalue weighted by atomic mass is 32.2. The molecule has 1 aliphatic heterocycles. The largest absolute Gasteiger partial charge is 0.479 e. The maximum absolute atomic E-state index is 12.9. The zero-order valence-corrected chi connectivity index (χ0v) is 18.8. The first kappa shape index (κ1) is 22.5. The zero-order chi connectivity index (χ0) is 23.6. The lowest BCUT2D eigenvalue weighted by Crippen LogP contribution is -2.34. The number of benzene rings is 3. The summed E-state index contributed by atoms with van der Waals surface area (Å²) in [5.74, 6) is -0.142. The molecule has 0 saturated heterocycles. The van der Waals surface area contributed by atoms with Crippen molar-refractivity contribution in [3.05, 3.63) is 77.9 Å². The number of hydrogen-bond donors (Lipinski definition) is 2. The van der Waals surface area contributed by atoms with E-state index in [4.69, 9.17) is 8.92 Å². The molecule has 1 unspecified atom stereocenters. The number of nitrogens with one attached hydrogen (secondary N) is 2. The third kappa shape index (κ3) is 5.39. The summed E-state index contributed by atoms with van der Waals surface area (Å²) in [4.78, 5) is 24.8. The fourth-order valence-electron chi connectivity index (χ4n) is 3.41. The number of rotatable bonds is 6. The van der Waals surface area contributed by atoms with E-state index in [9.17, 15) is 18.0 Å². The van der Waals surface area contributed by atoms with Gasteiger partial charge in [-0.1, -0.05) is 36.4 Å². The zero-order valence-electron chi connectivity index (χ0n) is 18.0. The van der Waals surface area contributed by atoms with Crippen LogP contribution in [0.2, 0.25) is 0 Å². The predicted octanol–water partition coefficient (Wildman–Crippen LogP) is 3.80. The first-order valence-corrected chi connectivity index (χ1v) is 12.0. The number of amides is 2. The van der Waals surface area contributed by atoms with Crippen molar-refractivity contribution in [3.63, 3.8) is 0 Å². The van der Waals surface area contributed by atoms with Gasteiger partial charge in [-0.2, -0.15) is 8.42 Å². The molecule has 0 fully saturated rings. The molecule has 2 N–H and O–H groups in total. The number of fused-ring (bicyclic) bond motifs is 1. The number of carbonyl (C=O) groups is 2. The molecule has 170 valence electrons. The van der Waals surface area contributed by atoms with Crippen molar-refractivity contribution < 1.29 is 26.9 Å². The van der Waals surface area contributed by atoms with Crippen LogP contribution in [-0.2, 0) is 25.7 Å². The Morgan fingerprint density at radius 1 is 1.09 bits per heavy atom. The normalized spacial score (nSPS) is 15.2. The van der Waals surface area contributed by atoms with Gasteiger partial charge < -0.3 is 15.4 Å². The summed E-state index contributed by atoms with van der Waals surface area (Å²) in [6.45, 7) is 1.45. The van der Waals surface area contributed by atoms with E-state index in [1.165, 1.54) is 0 Å². The number of hydrogen-bond acceptors (Lipinski definition) is 6. The lowest BCUT2D eigenvalue weighted by atomic mass is 9.97. The second kappa shape index (κ2) is 9.05. The molecule has 1 heterocycles. The Morgan fingerprint density at radius 2 is 1.85 bits per heavy atom. The molecule has 0 bridgehead atoms. The smallest absolute Gasteiger partial charge is 0.265 e. The van der Waals surface area contributed by atoms with Crippen LogP contribution in [0.3, 0.4) is 0 Å². The highest BCUT2D eigenvalue weighted by molar-refractivity contribution is 7.85. The van der Waals surface area contributed by atoms with E-state index in [0.29, 0.717) is 28.3 Å². The van der Waals surface area contributed by atoms with E-state index in [-0.39, 0.29) is 12.5 Å². The Morgan fingerprint density at radius 3 is 2.58 bits per heavy atom. The van der Waals surface area contributed by atoms with Gasteiger partial charge in [-0.3, -0.25) is 13.8 Å². The van der Waals surface area contributed by atoms with Crippen LogP contribution in [0.25, 0.3) is 11.1 Å². The molecule has 0 radical (unpaired) electrons. The molecule has 3 aromatic rings. The summed E-state index contributed by atoms with van der Waals surface area (Å²) in [6, 6.07) is 19.4. The molecule has 0 saturated carbocycles. The first-order chi connectivity index (χ1) is 15.7. The fourth-order valence-corrected chi connectivity index (χ4v) is 3.76. The van der Waals surface area contributed by atoms with Crippen LogP contribution >= 0.6 is 0 Å². The average Bonchev–Trinajstić information content (AvgIpc) is 2.78. The predicted molar refractivity (Wildman–Crippen MR) is 125 cm³/mol. The molecular formula is C24H22N2O6S. The highest BCUT2D eigenvalue weighted by Crippen LogP contribution is 2.32. The molecule has 9 heteroatoms. The molecule has 8 nitrogen and oxygen atoms in total. The monoisotopic (exact) mass is 466 g/mol. The van der Waals surface area contributed by atoms with Crippen molar-refractivity contribution in [2.45, 2.75) is 19.6 Å². The van der Waals surface area contributed by atoms with E-state index in [0.717, 1.165) is 17.4 Å². The lowest BCUT2D eigenvalue weighted by Gasteiger charge is -2.23. The van der Waals surface area contributed by atoms with E-state index in [2.05, 4.69) is 10.6 Å². The van der Waals surface area contributed by atoms with Crippen LogP contribution in [0.1, 0.15) is 22.8 Å². The van der Waals surface area contributed by atoms with Crippen LogP contribution in [0, 0.1) is 0 Å². The second-order valence-corrected chi connectivity index (χ2v) is 9.26. The Kier molecular flexibility index (Phi) is 6.17. The Balaban J connectivity index is 1.60. The summed E-state index contributed by atoms with van der Waals surface area (Å²) in [5.41, 5.74) is 3.46. The van der Waals surface area contributed by atoms with Crippen LogP contribution in [0.4, 0.5) is 11.4 Å². The highest BCUT2D eigenvalue weighted by Gasteiger charge is 2.24. The molecule has 33 heavy (non-hydrogen) atoms. The van der Waals surface area contributed by atoms with Gasteiger partial charge in [-0.25, -0.2) is 0 Å². The number of ether oxygens (including phenoxy) is 1. The molecule has 3 aromatic carbocycles. The van der Waals surface area contributed by atoms with Crippen molar-refractivity contribution in [2.24, 2.45) is 0 Å². The SMILES string of the molecule is CC1Oc2ccc(NC(=O)c3ccc(-c4ccccc4)c(COS(C)(=O)=O)c3)cc2NC1=O. The molecule has 1 atom stereocenters. The van der Waals surface area contributed by atoms with E-state index in [1.807, 2.05) is 30.3 Å². The van der Waals surface area contributed by atoms with Gasteiger partial charge in [-0.05, 0) is 53.9 Å². The summed E-state index contributed by atoms with van der Waals surface area (Å²) >= 11 is 0. The van der Waals surface area contributed by atoms with E-state index in [1.54, 1.807) is 43.3 Å². The quantitative estimate of drug-likeness (QED) is 0.535. The maximum atomic E-state index is 12.9. The van der Waals surface area contributed by atoms with Gasteiger partial charge in [0.15, 0.2) is 6.10 Å². The minimum atomic E-state index is -3.67. The van der Waals surface area contributed by atoms with Crippen LogP contribution < -0.4 is 15.4 Å². The van der Waals surface area contributed by atoms with Gasteiger partial charge in [0.2, 0.25) is 0 Å². The van der Waals surface area contributed by atoms with Gasteiger partial charge in [0.25, 0.3) is 21.9 Å². The summed E-state index contributed by atoms with van der Waals surface area (Å²) in [5, 5.41) is 5.53. The van der Waals surface area contributed by atoms with Gasteiger partial charge in [0.05, 0.1) is 18.6 Å². The third-order valence-corrected chi connectivity index (χ3v) is 5.60. The molecule has 0 spiro atoms. The topological polar surface area (TPSA) is 111 Å².